The number of hydrogen-bond donors (Lipinski definition) is 3. The topological polar surface area (TPSA) is 83.1 Å². The van der Waals surface area contributed by atoms with Crippen molar-refractivity contribution in [2.75, 3.05) is 16.0 Å². The van der Waals surface area contributed by atoms with Crippen molar-refractivity contribution in [3.8, 4) is 0 Å². The van der Waals surface area contributed by atoms with Crippen molar-refractivity contribution in [3.05, 3.63) is 78.1 Å². The number of rotatable bonds is 6. The van der Waals surface area contributed by atoms with Crippen LogP contribution >= 0.6 is 0 Å². The van der Waals surface area contributed by atoms with Gasteiger partial charge in [-0.15, -0.1) is 0 Å². The molecule has 0 aliphatic rings. The smallest absolute Gasteiger partial charge is 0.274 e. The fraction of sp³-hybridized carbons (Fsp3) is 0.136. The molecule has 6 nitrogen and oxygen atoms in total. The molecule has 3 N–H and O–H groups in total. The van der Waals surface area contributed by atoms with Crippen LogP contribution in [0.25, 0.3) is 0 Å². The maximum absolute atomic E-state index is 12.4. The van der Waals surface area contributed by atoms with Crippen molar-refractivity contribution in [1.82, 2.24) is 4.98 Å². The van der Waals surface area contributed by atoms with Gasteiger partial charge in [-0.05, 0) is 60.5 Å². The Morgan fingerprint density at radius 1 is 0.786 bits per heavy atom. The summed E-state index contributed by atoms with van der Waals surface area (Å²) in [5.74, 6) is -0.442. The first kappa shape index (κ1) is 19.1. The molecule has 3 rings (SSSR count). The fourth-order valence-corrected chi connectivity index (χ4v) is 2.63. The Morgan fingerprint density at radius 2 is 1.36 bits per heavy atom. The Kier molecular flexibility index (Phi) is 6.01. The van der Waals surface area contributed by atoms with E-state index in [9.17, 15) is 9.59 Å². The Labute approximate surface area is 164 Å². The molecule has 0 aliphatic heterocycles. The molecule has 0 atom stereocenters. The van der Waals surface area contributed by atoms with E-state index < -0.39 is 0 Å². The molecule has 0 bridgehead atoms. The number of nitrogens with one attached hydrogen (secondary N) is 3. The summed E-state index contributed by atoms with van der Waals surface area (Å²) >= 11 is 0. The van der Waals surface area contributed by atoms with Crippen molar-refractivity contribution in [2.24, 2.45) is 0 Å². The van der Waals surface area contributed by atoms with E-state index in [4.69, 9.17) is 0 Å². The van der Waals surface area contributed by atoms with Crippen LogP contribution in [0.3, 0.4) is 0 Å². The van der Waals surface area contributed by atoms with Crippen LogP contribution in [0.4, 0.5) is 22.7 Å². The Balaban J connectivity index is 1.60. The number of hydrogen-bond acceptors (Lipinski definition) is 4. The lowest BCUT2D eigenvalue weighted by Gasteiger charge is -2.09. The molecular weight excluding hydrogens is 352 g/mol. The molecule has 0 fully saturated rings. The summed E-state index contributed by atoms with van der Waals surface area (Å²) in [7, 11) is 0. The van der Waals surface area contributed by atoms with E-state index in [1.54, 1.807) is 36.5 Å². The Morgan fingerprint density at radius 3 is 1.89 bits per heavy atom. The minimum absolute atomic E-state index is 0.143. The number of carbonyl (C=O) groups is 2. The van der Waals surface area contributed by atoms with E-state index in [1.165, 1.54) is 12.5 Å². The quantitative estimate of drug-likeness (QED) is 0.589. The number of aromatic nitrogens is 1. The SMILES string of the molecule is CCc1ccc(Nc2ccc(C(=O)Nc3ccc(NC(C)=O)cc3)nc2)cc1. The summed E-state index contributed by atoms with van der Waals surface area (Å²) in [4.78, 5) is 27.6. The van der Waals surface area contributed by atoms with E-state index in [0.29, 0.717) is 17.1 Å². The van der Waals surface area contributed by atoms with Gasteiger partial charge >= 0.3 is 0 Å². The van der Waals surface area contributed by atoms with Gasteiger partial charge in [0.1, 0.15) is 5.69 Å². The molecule has 0 aliphatic carbocycles. The van der Waals surface area contributed by atoms with Crippen LogP contribution in [0.5, 0.6) is 0 Å². The third kappa shape index (κ3) is 5.17. The molecule has 2 aromatic carbocycles. The fourth-order valence-electron chi connectivity index (χ4n) is 2.63. The first-order valence-electron chi connectivity index (χ1n) is 9.04. The second kappa shape index (κ2) is 8.81. The third-order valence-electron chi connectivity index (χ3n) is 4.11. The van der Waals surface area contributed by atoms with Crippen molar-refractivity contribution in [1.29, 1.82) is 0 Å². The highest BCUT2D eigenvalue weighted by Gasteiger charge is 2.08. The molecule has 1 aromatic heterocycles. The molecule has 0 saturated heterocycles. The number of amides is 2. The summed E-state index contributed by atoms with van der Waals surface area (Å²) in [6.45, 7) is 3.56. The van der Waals surface area contributed by atoms with Gasteiger partial charge in [0.05, 0.1) is 11.9 Å². The van der Waals surface area contributed by atoms with Gasteiger partial charge in [-0.1, -0.05) is 19.1 Å². The van der Waals surface area contributed by atoms with E-state index in [0.717, 1.165) is 17.8 Å². The van der Waals surface area contributed by atoms with Gasteiger partial charge in [-0.2, -0.15) is 0 Å². The van der Waals surface area contributed by atoms with Gasteiger partial charge in [0.15, 0.2) is 0 Å². The molecule has 1 heterocycles. The average molecular weight is 374 g/mol. The summed E-state index contributed by atoms with van der Waals surface area (Å²) < 4.78 is 0. The number of pyridine rings is 1. The van der Waals surface area contributed by atoms with Gasteiger partial charge in [-0.25, -0.2) is 4.98 Å². The molecule has 0 unspecified atom stereocenters. The number of benzene rings is 2. The largest absolute Gasteiger partial charge is 0.354 e. The number of carbonyl (C=O) groups excluding carboxylic acids is 2. The van der Waals surface area contributed by atoms with Gasteiger partial charge in [0.2, 0.25) is 5.91 Å². The van der Waals surface area contributed by atoms with Crippen molar-refractivity contribution in [2.45, 2.75) is 20.3 Å². The predicted molar refractivity (Wildman–Crippen MR) is 112 cm³/mol. The number of aryl methyl sites for hydroxylation is 1. The first-order valence-corrected chi connectivity index (χ1v) is 9.04. The van der Waals surface area contributed by atoms with E-state index >= 15 is 0 Å². The zero-order valence-electron chi connectivity index (χ0n) is 15.8. The van der Waals surface area contributed by atoms with Crippen LogP contribution in [0.1, 0.15) is 29.9 Å². The molecule has 6 heteroatoms. The van der Waals surface area contributed by atoms with E-state index in [-0.39, 0.29) is 11.8 Å². The summed E-state index contributed by atoms with van der Waals surface area (Å²) in [6.07, 6.45) is 2.63. The molecule has 142 valence electrons. The highest BCUT2D eigenvalue weighted by atomic mass is 16.2. The summed E-state index contributed by atoms with van der Waals surface area (Å²) in [6, 6.07) is 18.6. The lowest BCUT2D eigenvalue weighted by atomic mass is 10.1. The van der Waals surface area contributed by atoms with Crippen LogP contribution in [-0.2, 0) is 11.2 Å². The normalized spacial score (nSPS) is 10.2. The summed E-state index contributed by atoms with van der Waals surface area (Å²) in [5, 5.41) is 8.73. The zero-order valence-corrected chi connectivity index (χ0v) is 15.8. The summed E-state index contributed by atoms with van der Waals surface area (Å²) in [5.41, 5.74) is 4.67. The minimum Gasteiger partial charge on any atom is -0.354 e. The lowest BCUT2D eigenvalue weighted by Crippen LogP contribution is -2.13. The molecule has 0 saturated carbocycles. The molecule has 0 radical (unpaired) electrons. The van der Waals surface area contributed by atoms with Crippen molar-refractivity contribution in [3.63, 3.8) is 0 Å². The molecule has 2 amide bonds. The first-order chi connectivity index (χ1) is 13.5. The second-order valence-electron chi connectivity index (χ2n) is 6.32. The van der Waals surface area contributed by atoms with Gasteiger partial charge in [0.25, 0.3) is 5.91 Å². The number of anilines is 4. The van der Waals surface area contributed by atoms with Gasteiger partial charge in [-0.3, -0.25) is 9.59 Å². The standard InChI is InChI=1S/C22H22N4O2/c1-3-16-4-6-18(7-5-16)25-20-12-13-21(23-14-20)22(28)26-19-10-8-17(9-11-19)24-15(2)27/h4-14,25H,3H2,1-2H3,(H,24,27)(H,26,28). The van der Waals surface area contributed by atoms with Gasteiger partial charge in [0, 0.05) is 24.0 Å². The molecule has 3 aromatic rings. The van der Waals surface area contributed by atoms with Crippen LogP contribution < -0.4 is 16.0 Å². The molecular formula is C22H22N4O2. The molecule has 0 spiro atoms. The highest BCUT2D eigenvalue weighted by Crippen LogP contribution is 2.18. The average Bonchev–Trinajstić information content (AvgIpc) is 2.70. The van der Waals surface area contributed by atoms with Crippen LogP contribution in [0, 0.1) is 0 Å². The van der Waals surface area contributed by atoms with Crippen LogP contribution in [0.15, 0.2) is 66.9 Å². The maximum Gasteiger partial charge on any atom is 0.274 e. The van der Waals surface area contributed by atoms with Crippen molar-refractivity contribution >= 4 is 34.6 Å². The van der Waals surface area contributed by atoms with Crippen LogP contribution in [-0.4, -0.2) is 16.8 Å². The lowest BCUT2D eigenvalue weighted by molar-refractivity contribution is -0.114. The predicted octanol–water partition coefficient (Wildman–Crippen LogP) is 4.60. The minimum atomic E-state index is -0.300. The molecule has 28 heavy (non-hydrogen) atoms. The number of nitrogens with zero attached hydrogens (tertiary/aromatic N) is 1. The van der Waals surface area contributed by atoms with E-state index in [2.05, 4.69) is 40.0 Å². The van der Waals surface area contributed by atoms with E-state index in [1.807, 2.05) is 18.2 Å². The third-order valence-corrected chi connectivity index (χ3v) is 4.11. The maximum atomic E-state index is 12.4. The van der Waals surface area contributed by atoms with Gasteiger partial charge < -0.3 is 16.0 Å². The second-order valence-corrected chi connectivity index (χ2v) is 6.32. The highest BCUT2D eigenvalue weighted by molar-refractivity contribution is 6.03. The van der Waals surface area contributed by atoms with Crippen molar-refractivity contribution < 1.29 is 9.59 Å². The Bertz CT molecular complexity index is 949. The zero-order chi connectivity index (χ0) is 19.9. The monoisotopic (exact) mass is 374 g/mol. The van der Waals surface area contributed by atoms with Crippen LogP contribution in [0.2, 0.25) is 0 Å². The Hall–Kier alpha value is -3.67.